The summed E-state index contributed by atoms with van der Waals surface area (Å²) in [6.07, 6.45) is 9.45. The van der Waals surface area contributed by atoms with E-state index in [2.05, 4.69) is 34.6 Å². The second-order valence-electron chi connectivity index (χ2n) is 8.42. The van der Waals surface area contributed by atoms with Crippen molar-refractivity contribution in [3.05, 3.63) is 0 Å². The molecule has 5 fully saturated rings. The van der Waals surface area contributed by atoms with Crippen LogP contribution in [0.2, 0.25) is 0 Å². The highest BCUT2D eigenvalue weighted by atomic mass is 32.2. The number of fused-ring (bicyclic) bond motifs is 4. The largest absolute Gasteiger partial charge is 0.349 e. The molecular weight excluding hydrogens is 322 g/mol. The lowest BCUT2D eigenvalue weighted by Gasteiger charge is -2.42. The van der Waals surface area contributed by atoms with Crippen LogP contribution in [0, 0.1) is 17.8 Å². The Kier molecular flexibility index (Phi) is 4.56. The van der Waals surface area contributed by atoms with Crippen molar-refractivity contribution >= 4 is 11.8 Å². The molecule has 3 N–H and O–H groups in total. The van der Waals surface area contributed by atoms with Gasteiger partial charge >= 0.3 is 0 Å². The van der Waals surface area contributed by atoms with Gasteiger partial charge in [-0.15, -0.1) is 11.8 Å². The molecule has 0 spiro atoms. The van der Waals surface area contributed by atoms with Crippen LogP contribution in [0.25, 0.3) is 0 Å². The van der Waals surface area contributed by atoms with Gasteiger partial charge in [0.15, 0.2) is 0 Å². The number of thioether (sulfide) groups is 1. The van der Waals surface area contributed by atoms with Crippen LogP contribution < -0.4 is 16.0 Å². The molecule has 6 heteroatoms. The maximum Gasteiger partial charge on any atom is 0.147 e. The lowest BCUT2D eigenvalue weighted by atomic mass is 9.84. The SMILES string of the molecule is CC1NC(NCC2CCC3OCOC3C2)C2C(N1)SC1CCCC12. The summed E-state index contributed by atoms with van der Waals surface area (Å²) in [4.78, 5) is 0. The normalized spacial score (nSPS) is 53.6. The Morgan fingerprint density at radius 3 is 2.96 bits per heavy atom. The zero-order valence-corrected chi connectivity index (χ0v) is 15.4. The number of ether oxygens (including phenoxy) is 2. The number of nitrogens with one attached hydrogen (secondary N) is 3. The van der Waals surface area contributed by atoms with E-state index >= 15 is 0 Å². The summed E-state index contributed by atoms with van der Waals surface area (Å²) in [5.41, 5.74) is 0. The maximum atomic E-state index is 5.74. The fourth-order valence-electron chi connectivity index (χ4n) is 5.75. The Bertz CT molecular complexity index is 468. The van der Waals surface area contributed by atoms with E-state index in [4.69, 9.17) is 9.47 Å². The van der Waals surface area contributed by atoms with Gasteiger partial charge in [0.25, 0.3) is 0 Å². The molecule has 5 aliphatic rings. The van der Waals surface area contributed by atoms with E-state index in [-0.39, 0.29) is 0 Å². The van der Waals surface area contributed by atoms with Crippen LogP contribution in [0.1, 0.15) is 45.4 Å². The van der Waals surface area contributed by atoms with E-state index < -0.39 is 0 Å². The van der Waals surface area contributed by atoms with Crippen LogP contribution in [0.4, 0.5) is 0 Å². The van der Waals surface area contributed by atoms with Gasteiger partial charge < -0.3 is 14.8 Å². The van der Waals surface area contributed by atoms with E-state index in [1.807, 2.05) is 0 Å². The molecule has 0 aromatic heterocycles. The standard InChI is InChI=1S/C18H31N3O2S/c1-10-20-17(16-12-3-2-4-15(12)24-18(16)21-10)19-8-11-5-6-13-14(7-11)23-9-22-13/h10-21H,2-9H2,1H3. The van der Waals surface area contributed by atoms with Crippen molar-refractivity contribution in [1.82, 2.24) is 16.0 Å². The zero-order valence-electron chi connectivity index (χ0n) is 14.6. The van der Waals surface area contributed by atoms with Crippen molar-refractivity contribution in [2.75, 3.05) is 13.3 Å². The van der Waals surface area contributed by atoms with Gasteiger partial charge in [-0.25, -0.2) is 0 Å². The zero-order chi connectivity index (χ0) is 16.1. The van der Waals surface area contributed by atoms with Crippen molar-refractivity contribution in [2.24, 2.45) is 17.8 Å². The van der Waals surface area contributed by atoms with Crippen molar-refractivity contribution in [2.45, 2.75) is 80.6 Å². The number of hydrogen-bond acceptors (Lipinski definition) is 6. The predicted molar refractivity (Wildman–Crippen MR) is 95.5 cm³/mol. The smallest absolute Gasteiger partial charge is 0.147 e. The second-order valence-corrected chi connectivity index (χ2v) is 9.80. The minimum absolute atomic E-state index is 0.347. The molecule has 0 amide bonds. The van der Waals surface area contributed by atoms with Crippen molar-refractivity contribution < 1.29 is 9.47 Å². The average Bonchev–Trinajstić information content (AvgIpc) is 3.26. The molecule has 5 rings (SSSR count). The van der Waals surface area contributed by atoms with Crippen LogP contribution >= 0.6 is 11.8 Å². The summed E-state index contributed by atoms with van der Waals surface area (Å²) in [7, 11) is 0. The molecule has 136 valence electrons. The summed E-state index contributed by atoms with van der Waals surface area (Å²) < 4.78 is 11.4. The molecule has 9 atom stereocenters. The predicted octanol–water partition coefficient (Wildman–Crippen LogP) is 1.84. The van der Waals surface area contributed by atoms with Gasteiger partial charge in [0, 0.05) is 11.2 Å². The van der Waals surface area contributed by atoms with Gasteiger partial charge in [0.05, 0.1) is 29.9 Å². The van der Waals surface area contributed by atoms with Gasteiger partial charge in [-0.3, -0.25) is 10.6 Å². The first kappa shape index (κ1) is 16.3. The van der Waals surface area contributed by atoms with Gasteiger partial charge in [0.2, 0.25) is 0 Å². The van der Waals surface area contributed by atoms with Crippen LogP contribution in [0.15, 0.2) is 0 Å². The third-order valence-electron chi connectivity index (χ3n) is 6.93. The molecule has 2 saturated carbocycles. The Morgan fingerprint density at radius 2 is 2.00 bits per heavy atom. The van der Waals surface area contributed by atoms with Gasteiger partial charge in [-0.05, 0) is 57.4 Å². The van der Waals surface area contributed by atoms with E-state index in [1.165, 1.54) is 32.1 Å². The highest BCUT2D eigenvalue weighted by molar-refractivity contribution is 8.00. The summed E-state index contributed by atoms with van der Waals surface area (Å²) in [6, 6.07) is 0. The lowest BCUT2D eigenvalue weighted by molar-refractivity contribution is 0.0386. The highest BCUT2D eigenvalue weighted by Gasteiger charge is 2.51. The maximum absolute atomic E-state index is 5.74. The molecule has 0 bridgehead atoms. The van der Waals surface area contributed by atoms with Crippen LogP contribution in [-0.2, 0) is 9.47 Å². The van der Waals surface area contributed by atoms with E-state index in [9.17, 15) is 0 Å². The van der Waals surface area contributed by atoms with Crippen LogP contribution in [-0.4, -0.2) is 48.5 Å². The first-order valence-electron chi connectivity index (χ1n) is 9.92. The molecule has 0 aromatic carbocycles. The summed E-state index contributed by atoms with van der Waals surface area (Å²) in [6.45, 7) is 3.88. The molecule has 9 unspecified atom stereocenters. The average molecular weight is 354 g/mol. The van der Waals surface area contributed by atoms with Crippen LogP contribution in [0.3, 0.4) is 0 Å². The summed E-state index contributed by atoms with van der Waals surface area (Å²) in [5, 5.41) is 13.0. The fraction of sp³-hybridized carbons (Fsp3) is 1.00. The molecule has 3 heterocycles. The molecule has 24 heavy (non-hydrogen) atoms. The Morgan fingerprint density at radius 1 is 1.08 bits per heavy atom. The molecule has 3 aliphatic heterocycles. The number of hydrogen-bond donors (Lipinski definition) is 3. The third kappa shape index (κ3) is 2.93. The lowest BCUT2D eigenvalue weighted by Crippen LogP contribution is -2.66. The van der Waals surface area contributed by atoms with E-state index in [1.54, 1.807) is 0 Å². The molecule has 2 aliphatic carbocycles. The monoisotopic (exact) mass is 353 g/mol. The van der Waals surface area contributed by atoms with Crippen molar-refractivity contribution in [3.8, 4) is 0 Å². The van der Waals surface area contributed by atoms with E-state index in [0.29, 0.717) is 36.7 Å². The Labute approximate surface area is 149 Å². The van der Waals surface area contributed by atoms with Gasteiger partial charge in [0.1, 0.15) is 6.79 Å². The van der Waals surface area contributed by atoms with Gasteiger partial charge in [-0.1, -0.05) is 6.42 Å². The quantitative estimate of drug-likeness (QED) is 0.720. The highest BCUT2D eigenvalue weighted by Crippen LogP contribution is 2.52. The van der Waals surface area contributed by atoms with Gasteiger partial charge in [-0.2, -0.15) is 0 Å². The number of rotatable bonds is 3. The van der Waals surface area contributed by atoms with Crippen molar-refractivity contribution in [3.63, 3.8) is 0 Å². The Hall–Kier alpha value is 0.150. The fourth-order valence-corrected chi connectivity index (χ4v) is 7.77. The minimum Gasteiger partial charge on any atom is -0.349 e. The summed E-state index contributed by atoms with van der Waals surface area (Å²) >= 11 is 2.22. The molecule has 3 saturated heterocycles. The molecule has 0 radical (unpaired) electrons. The minimum atomic E-state index is 0.347. The van der Waals surface area contributed by atoms with E-state index in [0.717, 1.165) is 36.0 Å². The van der Waals surface area contributed by atoms with Crippen LogP contribution in [0.5, 0.6) is 0 Å². The van der Waals surface area contributed by atoms with Crippen molar-refractivity contribution in [1.29, 1.82) is 0 Å². The first-order valence-corrected chi connectivity index (χ1v) is 10.9. The Balaban J connectivity index is 1.21. The molecular formula is C18H31N3O2S. The molecule has 0 aromatic rings. The molecule has 5 nitrogen and oxygen atoms in total. The second kappa shape index (κ2) is 6.71. The third-order valence-corrected chi connectivity index (χ3v) is 8.61. The first-order chi connectivity index (χ1) is 11.8. The summed E-state index contributed by atoms with van der Waals surface area (Å²) in [5.74, 6) is 2.36. The topological polar surface area (TPSA) is 54.5 Å².